The monoisotopic (exact) mass is 1620 g/mol. The van der Waals surface area contributed by atoms with E-state index in [0.29, 0.717) is 41.0 Å². The highest BCUT2D eigenvalue weighted by molar-refractivity contribution is 14.2. The molecule has 4 amide bonds. The van der Waals surface area contributed by atoms with E-state index in [0.717, 1.165) is 41.2 Å². The Bertz CT molecular complexity index is 2220. The van der Waals surface area contributed by atoms with E-state index in [9.17, 15) is 48.0 Å². The number of sulfone groups is 1. The number of carbonyl (C=O) groups is 4. The first-order valence-electron chi connectivity index (χ1n) is 20.3. The summed E-state index contributed by atoms with van der Waals surface area (Å²) in [7, 11) is -3.12. The highest BCUT2D eigenvalue weighted by Crippen LogP contribution is 2.30. The lowest BCUT2D eigenvalue weighted by Gasteiger charge is -2.33. The fourth-order valence-corrected chi connectivity index (χ4v) is 11.2. The van der Waals surface area contributed by atoms with E-state index >= 15 is 0 Å². The third-order valence-corrected chi connectivity index (χ3v) is 18.7. The molecule has 2 aromatic carbocycles. The molecule has 0 saturated heterocycles. The molecule has 67 heavy (non-hydrogen) atoms. The SMILES string of the molecule is CC#CC(CNC(=O)[O-])C(C)I.CC#CC(CNC(=O)[O-])C(I)CCC.CC#CC1C(I)CCCC1NC(=O)[O-].CC#Cc1c(I)cccc1NC(=O)[O-].Cc1ccc(S(=O)(=O)C(I)I)cc1. The van der Waals surface area contributed by atoms with E-state index < -0.39 is 35.5 Å². The standard InChI is InChI=1S/C10H14INO2.C10H8INO2.C10H16INO2.C8H8I2O2S.C8H12INO2/c2*1-2-4-7-8(11)5-3-6-9(7)12-10(13)14;1-3-5-8(7-12-10(13)14)9(11)6-4-2;1-6-2-4-7(5-3-6)13(11,12)8(9)10;1-3-4-7(6(2)9)5-10-8(11)12/h7-9,12H,3,5-6H2,1H3,(H,13,14);3,5-6,12H,1H3,(H,13,14);8-9,12H,4,6-7H2,1-2H3,(H,13,14);2-5,8H,1H3;6-7,10H,5H2,1-2H3,(H,11,12)/p-4. The van der Waals surface area contributed by atoms with Crippen LogP contribution in [-0.4, -0.2) is 65.0 Å². The Morgan fingerprint density at radius 1 is 0.776 bits per heavy atom. The van der Waals surface area contributed by atoms with Gasteiger partial charge in [0.15, 0.2) is 11.1 Å². The van der Waals surface area contributed by atoms with Crippen LogP contribution < -0.4 is 41.7 Å². The molecule has 21 heteroatoms. The number of aryl methyl sites for hydroxylation is 1. The molecule has 1 fully saturated rings. The average Bonchev–Trinajstić information content (AvgIpc) is 3.24. The van der Waals surface area contributed by atoms with Gasteiger partial charge in [-0.05, 0) is 101 Å². The Labute approximate surface area is 478 Å². The second kappa shape index (κ2) is 38.8. The van der Waals surface area contributed by atoms with E-state index in [4.69, 9.17) is 0 Å². The van der Waals surface area contributed by atoms with Crippen LogP contribution in [0.4, 0.5) is 24.9 Å². The van der Waals surface area contributed by atoms with Crippen LogP contribution in [0.15, 0.2) is 47.4 Å². The summed E-state index contributed by atoms with van der Waals surface area (Å²) >= 11 is 12.8. The highest BCUT2D eigenvalue weighted by Gasteiger charge is 2.30. The smallest absolute Gasteiger partial charge is 0.199 e. The van der Waals surface area contributed by atoms with Gasteiger partial charge in [-0.1, -0.05) is 187 Å². The molecular formula is C46H54I6N4O10S-4. The quantitative estimate of drug-likeness (QED) is 0.0984. The first-order valence-corrected chi connectivity index (χ1v) is 29.1. The maximum atomic E-state index is 11.6. The minimum absolute atomic E-state index is 0.0527. The number of rotatable bonds is 12. The Morgan fingerprint density at radius 3 is 1.78 bits per heavy atom. The number of benzene rings is 2. The summed E-state index contributed by atoms with van der Waals surface area (Å²) in [6.07, 6.45) is 0.186. The first kappa shape index (κ1) is 67.2. The van der Waals surface area contributed by atoms with Crippen molar-refractivity contribution in [3.8, 4) is 47.4 Å². The third-order valence-electron chi connectivity index (χ3n) is 8.66. The lowest BCUT2D eigenvalue weighted by atomic mass is 9.85. The minimum atomic E-state index is -3.12. The summed E-state index contributed by atoms with van der Waals surface area (Å²) in [4.78, 5) is 41.5. The molecule has 2 aromatic rings. The number of hydrogen-bond donors (Lipinski definition) is 4. The van der Waals surface area contributed by atoms with E-state index in [-0.39, 0.29) is 23.8 Å². The van der Waals surface area contributed by atoms with Gasteiger partial charge in [0.2, 0.25) is 0 Å². The Hall–Kier alpha value is -1.91. The van der Waals surface area contributed by atoms with Crippen molar-refractivity contribution in [3.05, 3.63) is 57.2 Å². The molecule has 1 aliphatic rings. The fourth-order valence-electron chi connectivity index (χ4n) is 5.47. The van der Waals surface area contributed by atoms with Crippen molar-refractivity contribution in [2.24, 2.45) is 17.8 Å². The minimum Gasteiger partial charge on any atom is -0.530 e. The molecule has 3 rings (SSSR count). The van der Waals surface area contributed by atoms with Gasteiger partial charge in [0.1, 0.15) is 24.4 Å². The molecule has 7 unspecified atom stereocenters. The third kappa shape index (κ3) is 31.1. The van der Waals surface area contributed by atoms with Gasteiger partial charge in [-0.25, -0.2) is 8.42 Å². The largest absolute Gasteiger partial charge is 0.530 e. The van der Waals surface area contributed by atoms with Gasteiger partial charge in [0, 0.05) is 46.3 Å². The van der Waals surface area contributed by atoms with Crippen molar-refractivity contribution < 1.29 is 48.0 Å². The summed E-state index contributed by atoms with van der Waals surface area (Å²) in [6, 6.07) is 12.1. The summed E-state index contributed by atoms with van der Waals surface area (Å²) in [6.45, 7) is 13.7. The lowest BCUT2D eigenvalue weighted by molar-refractivity contribution is -0.252. The zero-order valence-corrected chi connectivity index (χ0v) is 51.6. The molecule has 370 valence electrons. The maximum absolute atomic E-state index is 11.6. The molecule has 0 spiro atoms. The van der Waals surface area contributed by atoms with Crippen molar-refractivity contribution >= 4 is 175 Å². The van der Waals surface area contributed by atoms with Gasteiger partial charge in [-0.2, -0.15) is 0 Å². The molecule has 0 aromatic heterocycles. The molecule has 4 N–H and O–H groups in total. The zero-order valence-electron chi connectivity index (χ0n) is 37.9. The number of amides is 4. The van der Waals surface area contributed by atoms with E-state index in [1.54, 1.807) is 52.0 Å². The van der Waals surface area contributed by atoms with Crippen LogP contribution in [0.3, 0.4) is 0 Å². The second-order valence-corrected chi connectivity index (χ2v) is 28.7. The molecule has 1 saturated carbocycles. The number of carboxylic acid groups (broad SMARTS) is 4. The molecule has 0 bridgehead atoms. The van der Waals surface area contributed by atoms with Crippen LogP contribution in [-0.2, 0) is 9.84 Å². The van der Waals surface area contributed by atoms with Gasteiger partial charge in [0.25, 0.3) is 0 Å². The fraction of sp³-hybridized carbons (Fsp3) is 0.478. The zero-order chi connectivity index (χ0) is 51.7. The lowest BCUT2D eigenvalue weighted by Crippen LogP contribution is -2.49. The molecule has 14 nitrogen and oxygen atoms in total. The average molecular weight is 1620 g/mol. The number of alkyl halides is 5. The molecular weight excluding hydrogens is 1560 g/mol. The summed E-state index contributed by atoms with van der Waals surface area (Å²) in [5.74, 6) is 23.3. The van der Waals surface area contributed by atoms with Gasteiger partial charge < -0.3 is 60.9 Å². The first-order chi connectivity index (χ1) is 31.4. The van der Waals surface area contributed by atoms with E-state index in [2.05, 4.69) is 166 Å². The van der Waals surface area contributed by atoms with Crippen LogP contribution in [0.25, 0.3) is 0 Å². The van der Waals surface area contributed by atoms with Crippen molar-refractivity contribution in [2.45, 2.75) is 105 Å². The predicted molar refractivity (Wildman–Crippen MR) is 309 cm³/mol. The van der Waals surface area contributed by atoms with Gasteiger partial charge in [0.05, 0.1) is 22.1 Å². The van der Waals surface area contributed by atoms with Crippen LogP contribution in [0, 0.1) is 75.6 Å². The summed E-state index contributed by atoms with van der Waals surface area (Å²) < 4.78 is 24.9. The molecule has 0 heterocycles. The van der Waals surface area contributed by atoms with Crippen LogP contribution in [0.5, 0.6) is 0 Å². The Morgan fingerprint density at radius 2 is 1.33 bits per heavy atom. The molecule has 0 radical (unpaired) electrons. The maximum Gasteiger partial charge on any atom is 0.199 e. The molecule has 0 aliphatic heterocycles. The Kier molecular flexibility index (Phi) is 38.9. The number of hydrogen-bond acceptors (Lipinski definition) is 10. The number of nitrogens with one attached hydrogen (secondary N) is 4. The normalized spacial score (nSPS) is 16.1. The predicted octanol–water partition coefficient (Wildman–Crippen LogP) is 6.80. The highest BCUT2D eigenvalue weighted by atomic mass is 127. The van der Waals surface area contributed by atoms with Crippen molar-refractivity contribution in [1.29, 1.82) is 0 Å². The van der Waals surface area contributed by atoms with E-state index in [1.807, 2.05) is 77.2 Å². The number of anilines is 1. The molecule has 7 atom stereocenters. The van der Waals surface area contributed by atoms with Crippen molar-refractivity contribution in [2.75, 3.05) is 18.4 Å². The topological polar surface area (TPSA) is 243 Å². The van der Waals surface area contributed by atoms with E-state index in [1.165, 1.54) is 0 Å². The molecule has 1 aliphatic carbocycles. The van der Waals surface area contributed by atoms with Crippen LogP contribution in [0.2, 0.25) is 0 Å². The Balaban J connectivity index is 0. The van der Waals surface area contributed by atoms with Crippen molar-refractivity contribution in [3.63, 3.8) is 0 Å². The second-order valence-electron chi connectivity index (χ2n) is 13.8. The number of halogens is 6. The summed E-state index contributed by atoms with van der Waals surface area (Å²) in [5, 5.41) is 50.2. The summed E-state index contributed by atoms with van der Waals surface area (Å²) in [5.41, 5.74) is 2.21. The number of carbonyl (C=O) groups excluding carboxylic acids is 4. The van der Waals surface area contributed by atoms with Crippen LogP contribution in [0.1, 0.15) is 84.8 Å². The van der Waals surface area contributed by atoms with Gasteiger partial charge >= 0.3 is 0 Å². The van der Waals surface area contributed by atoms with Gasteiger partial charge in [-0.15, -0.1) is 23.7 Å². The van der Waals surface area contributed by atoms with Crippen LogP contribution >= 0.6 is 136 Å². The van der Waals surface area contributed by atoms with Crippen molar-refractivity contribution in [1.82, 2.24) is 16.0 Å². The van der Waals surface area contributed by atoms with Gasteiger partial charge in [-0.3, -0.25) is 0 Å².